The van der Waals surface area contributed by atoms with E-state index in [-0.39, 0.29) is 5.91 Å². The molecule has 0 saturated carbocycles. The maximum atomic E-state index is 12.6. The van der Waals surface area contributed by atoms with Gasteiger partial charge in [0.1, 0.15) is 5.69 Å². The van der Waals surface area contributed by atoms with Crippen molar-refractivity contribution in [3.63, 3.8) is 0 Å². The summed E-state index contributed by atoms with van der Waals surface area (Å²) in [4.78, 5) is 17.8. The van der Waals surface area contributed by atoms with Crippen LogP contribution in [-0.4, -0.2) is 27.8 Å². The van der Waals surface area contributed by atoms with Crippen LogP contribution in [0.3, 0.4) is 0 Å². The third-order valence-electron chi connectivity index (χ3n) is 3.87. The van der Waals surface area contributed by atoms with Gasteiger partial charge in [0.25, 0.3) is 5.91 Å². The van der Waals surface area contributed by atoms with Gasteiger partial charge >= 0.3 is 0 Å². The summed E-state index contributed by atoms with van der Waals surface area (Å²) in [6.07, 6.45) is 2.35. The monoisotopic (exact) mass is 360 g/mol. The quantitative estimate of drug-likeness (QED) is 0.731. The van der Waals surface area contributed by atoms with Gasteiger partial charge in [-0.3, -0.25) is 4.79 Å². The van der Waals surface area contributed by atoms with Gasteiger partial charge in [0.05, 0.1) is 31.2 Å². The summed E-state index contributed by atoms with van der Waals surface area (Å²) in [6, 6.07) is 3.63. The van der Waals surface area contributed by atoms with Crippen molar-refractivity contribution in [1.29, 1.82) is 0 Å². The molecule has 0 atom stereocenters. The smallest absolute Gasteiger partial charge is 0.271 e. The molecule has 0 aliphatic heterocycles. The number of hydrogen-bond donors (Lipinski definition) is 1. The first-order valence-corrected chi connectivity index (χ1v) is 8.75. The molecule has 0 aliphatic rings. The molecule has 3 aromatic rings. The summed E-state index contributed by atoms with van der Waals surface area (Å²) in [6.45, 7) is 4.24. The SMILES string of the molecule is CCc1nn(C)c(OC)c1CNC(=O)c1nc(-c2ccco2)sc1C. The Bertz CT molecular complexity index is 880. The number of nitrogens with zero attached hydrogens (tertiary/aromatic N) is 3. The molecular formula is C17H20N4O3S. The second kappa shape index (κ2) is 7.10. The number of furan rings is 1. The van der Waals surface area contributed by atoms with Crippen LogP contribution in [0.2, 0.25) is 0 Å². The van der Waals surface area contributed by atoms with Crippen molar-refractivity contribution in [3.05, 3.63) is 40.2 Å². The molecule has 25 heavy (non-hydrogen) atoms. The third-order valence-corrected chi connectivity index (χ3v) is 4.85. The van der Waals surface area contributed by atoms with Gasteiger partial charge in [0, 0.05) is 11.9 Å². The van der Waals surface area contributed by atoms with Crippen LogP contribution in [0.4, 0.5) is 0 Å². The zero-order valence-corrected chi connectivity index (χ0v) is 15.4. The first-order chi connectivity index (χ1) is 12.0. The first-order valence-electron chi connectivity index (χ1n) is 7.93. The average molecular weight is 360 g/mol. The van der Waals surface area contributed by atoms with Gasteiger partial charge in [0.2, 0.25) is 5.88 Å². The number of ether oxygens (including phenoxy) is 1. The number of hydrogen-bond acceptors (Lipinski definition) is 6. The summed E-state index contributed by atoms with van der Waals surface area (Å²) in [7, 11) is 3.42. The van der Waals surface area contributed by atoms with Crippen LogP contribution in [0.25, 0.3) is 10.8 Å². The standard InChI is InChI=1S/C17H20N4O3S/c1-5-12-11(17(23-4)21(3)20-12)9-18-15(22)14-10(2)25-16(19-14)13-7-6-8-24-13/h6-8H,5,9H2,1-4H3,(H,18,22). The van der Waals surface area contributed by atoms with Crippen molar-refractivity contribution in [1.82, 2.24) is 20.1 Å². The second-order valence-corrected chi connectivity index (χ2v) is 6.70. The van der Waals surface area contributed by atoms with Gasteiger partial charge in [-0.15, -0.1) is 11.3 Å². The van der Waals surface area contributed by atoms with E-state index in [0.717, 1.165) is 22.6 Å². The van der Waals surface area contributed by atoms with Crippen molar-refractivity contribution in [2.24, 2.45) is 7.05 Å². The van der Waals surface area contributed by atoms with Crippen LogP contribution < -0.4 is 10.1 Å². The van der Waals surface area contributed by atoms with Crippen molar-refractivity contribution in [3.8, 4) is 16.6 Å². The highest BCUT2D eigenvalue weighted by Crippen LogP contribution is 2.28. The molecular weight excluding hydrogens is 340 g/mol. The predicted molar refractivity (Wildman–Crippen MR) is 94.9 cm³/mol. The molecule has 1 N–H and O–H groups in total. The van der Waals surface area contributed by atoms with Crippen LogP contribution >= 0.6 is 11.3 Å². The average Bonchev–Trinajstić information content (AvgIpc) is 3.30. The Hall–Kier alpha value is -2.61. The van der Waals surface area contributed by atoms with E-state index < -0.39 is 0 Å². The van der Waals surface area contributed by atoms with Gasteiger partial charge in [-0.1, -0.05) is 6.92 Å². The number of methoxy groups -OCH3 is 1. The number of carbonyl (C=O) groups excluding carboxylic acids is 1. The Morgan fingerprint density at radius 3 is 2.92 bits per heavy atom. The number of aryl methyl sites for hydroxylation is 3. The maximum absolute atomic E-state index is 12.6. The largest absolute Gasteiger partial charge is 0.481 e. The number of rotatable bonds is 6. The van der Waals surface area contributed by atoms with Gasteiger partial charge in [-0.25, -0.2) is 9.67 Å². The van der Waals surface area contributed by atoms with Crippen molar-refractivity contribution in [2.75, 3.05) is 7.11 Å². The fourth-order valence-corrected chi connectivity index (χ4v) is 3.57. The second-order valence-electron chi connectivity index (χ2n) is 5.50. The summed E-state index contributed by atoms with van der Waals surface area (Å²) in [5.74, 6) is 1.09. The van der Waals surface area contributed by atoms with Gasteiger partial charge in [-0.05, 0) is 25.5 Å². The molecule has 3 aromatic heterocycles. The van der Waals surface area contributed by atoms with E-state index in [4.69, 9.17) is 9.15 Å². The molecule has 132 valence electrons. The molecule has 8 heteroatoms. The van der Waals surface area contributed by atoms with Crippen molar-refractivity contribution >= 4 is 17.2 Å². The zero-order chi connectivity index (χ0) is 18.0. The Kier molecular flexibility index (Phi) is 4.89. The molecule has 3 heterocycles. The summed E-state index contributed by atoms with van der Waals surface area (Å²) in [5.41, 5.74) is 2.21. The molecule has 3 rings (SSSR count). The van der Waals surface area contributed by atoms with Crippen molar-refractivity contribution < 1.29 is 13.9 Å². The summed E-state index contributed by atoms with van der Waals surface area (Å²) < 4.78 is 12.4. The third kappa shape index (κ3) is 3.30. The predicted octanol–water partition coefficient (Wildman–Crippen LogP) is 2.95. The minimum Gasteiger partial charge on any atom is -0.481 e. The highest BCUT2D eigenvalue weighted by molar-refractivity contribution is 7.15. The molecule has 1 amide bonds. The van der Waals surface area contributed by atoms with E-state index >= 15 is 0 Å². The molecule has 0 unspecified atom stereocenters. The summed E-state index contributed by atoms with van der Waals surface area (Å²) in [5, 5.41) is 8.03. The first kappa shape index (κ1) is 17.2. The molecule has 0 aromatic carbocycles. The Labute approximate surface area is 149 Å². The molecule has 7 nitrogen and oxygen atoms in total. The van der Waals surface area contributed by atoms with Gasteiger partial charge in [-0.2, -0.15) is 5.10 Å². The fraction of sp³-hybridized carbons (Fsp3) is 0.353. The number of thiazole rings is 1. The number of carbonyl (C=O) groups is 1. The number of nitrogens with one attached hydrogen (secondary N) is 1. The Balaban J connectivity index is 1.78. The van der Waals surface area contributed by atoms with Crippen LogP contribution in [0.15, 0.2) is 22.8 Å². The van der Waals surface area contributed by atoms with Crippen LogP contribution in [-0.2, 0) is 20.0 Å². The van der Waals surface area contributed by atoms with E-state index in [9.17, 15) is 4.79 Å². The molecule has 0 spiro atoms. The minimum atomic E-state index is -0.223. The number of aromatic nitrogens is 3. The van der Waals surface area contributed by atoms with Gasteiger partial charge < -0.3 is 14.5 Å². The highest BCUT2D eigenvalue weighted by atomic mass is 32.1. The minimum absolute atomic E-state index is 0.223. The zero-order valence-electron chi connectivity index (χ0n) is 14.6. The topological polar surface area (TPSA) is 82.2 Å². The Morgan fingerprint density at radius 1 is 1.48 bits per heavy atom. The molecule has 0 aliphatic carbocycles. The Morgan fingerprint density at radius 2 is 2.28 bits per heavy atom. The van der Waals surface area contributed by atoms with Gasteiger partial charge in [0.15, 0.2) is 10.8 Å². The molecule has 0 fully saturated rings. The normalized spacial score (nSPS) is 10.9. The van der Waals surface area contributed by atoms with Crippen molar-refractivity contribution in [2.45, 2.75) is 26.8 Å². The van der Waals surface area contributed by atoms with Crippen LogP contribution in [0, 0.1) is 6.92 Å². The van der Waals surface area contributed by atoms with Crippen LogP contribution in [0.5, 0.6) is 5.88 Å². The van der Waals surface area contributed by atoms with E-state index in [0.29, 0.717) is 28.9 Å². The lowest BCUT2D eigenvalue weighted by Gasteiger charge is -2.07. The maximum Gasteiger partial charge on any atom is 0.271 e. The van der Waals surface area contributed by atoms with E-state index in [2.05, 4.69) is 15.4 Å². The lowest BCUT2D eigenvalue weighted by atomic mass is 10.2. The van der Waals surface area contributed by atoms with E-state index in [1.54, 1.807) is 24.1 Å². The van der Waals surface area contributed by atoms with E-state index in [1.807, 2.05) is 27.0 Å². The van der Waals surface area contributed by atoms with Crippen LogP contribution in [0.1, 0.15) is 33.5 Å². The molecule has 0 saturated heterocycles. The fourth-order valence-electron chi connectivity index (χ4n) is 2.69. The van der Waals surface area contributed by atoms with E-state index in [1.165, 1.54) is 11.3 Å². The summed E-state index contributed by atoms with van der Waals surface area (Å²) >= 11 is 1.43. The lowest BCUT2D eigenvalue weighted by molar-refractivity contribution is 0.0946. The number of amides is 1. The highest BCUT2D eigenvalue weighted by Gasteiger charge is 2.20. The molecule has 0 bridgehead atoms. The molecule has 0 radical (unpaired) electrons. The lowest BCUT2D eigenvalue weighted by Crippen LogP contribution is -2.24.